The van der Waals surface area contributed by atoms with Gasteiger partial charge in [0.1, 0.15) is 11.5 Å². The number of likely N-dealkylation sites (N-methyl/N-ethyl adjacent to an activating group) is 2. The van der Waals surface area contributed by atoms with E-state index in [9.17, 15) is 19.3 Å². The van der Waals surface area contributed by atoms with Crippen LogP contribution in [0, 0.1) is 15.9 Å². The number of nitrogens with zero attached hydrogens (tertiary/aromatic N) is 3. The van der Waals surface area contributed by atoms with Crippen molar-refractivity contribution in [1.29, 1.82) is 0 Å². The van der Waals surface area contributed by atoms with Gasteiger partial charge in [-0.05, 0) is 20.2 Å². The Labute approximate surface area is 115 Å². The fourth-order valence-electron chi connectivity index (χ4n) is 1.59. The van der Waals surface area contributed by atoms with Crippen molar-refractivity contribution in [3.63, 3.8) is 0 Å². The quantitative estimate of drug-likeness (QED) is 0.493. The lowest BCUT2D eigenvalue weighted by Crippen LogP contribution is -2.34. The van der Waals surface area contributed by atoms with E-state index in [4.69, 9.17) is 5.73 Å². The molecule has 0 aromatic heterocycles. The number of halogens is 1. The number of rotatable bonds is 5. The molecule has 8 heteroatoms. The van der Waals surface area contributed by atoms with E-state index in [0.29, 0.717) is 19.2 Å². The minimum absolute atomic E-state index is 0.196. The third-order valence-corrected chi connectivity index (χ3v) is 2.78. The van der Waals surface area contributed by atoms with Gasteiger partial charge in [0.05, 0.1) is 16.6 Å². The Morgan fingerprint density at radius 1 is 1.35 bits per heavy atom. The predicted molar refractivity (Wildman–Crippen MR) is 73.0 cm³/mol. The molecule has 0 heterocycles. The maximum absolute atomic E-state index is 13.4. The number of hydrogen-bond acceptors (Lipinski definition) is 5. The van der Waals surface area contributed by atoms with Crippen molar-refractivity contribution in [3.05, 3.63) is 33.6 Å². The molecule has 0 aliphatic rings. The fourth-order valence-corrected chi connectivity index (χ4v) is 1.59. The summed E-state index contributed by atoms with van der Waals surface area (Å²) < 4.78 is 13.4. The van der Waals surface area contributed by atoms with Gasteiger partial charge in [0.2, 0.25) is 0 Å². The lowest BCUT2D eigenvalue weighted by molar-refractivity contribution is -0.384. The summed E-state index contributed by atoms with van der Waals surface area (Å²) in [5, 5.41) is 10.8. The Hall–Kier alpha value is -2.22. The monoisotopic (exact) mass is 284 g/mol. The van der Waals surface area contributed by atoms with E-state index in [-0.39, 0.29) is 11.3 Å². The van der Waals surface area contributed by atoms with E-state index in [2.05, 4.69) is 0 Å². The van der Waals surface area contributed by atoms with Crippen molar-refractivity contribution in [1.82, 2.24) is 9.80 Å². The number of anilines is 1. The maximum Gasteiger partial charge on any atom is 0.295 e. The molecule has 0 spiro atoms. The number of amides is 1. The molecule has 110 valence electrons. The Kier molecular flexibility index (Phi) is 4.98. The molecule has 1 aromatic rings. The molecule has 0 unspecified atom stereocenters. The highest BCUT2D eigenvalue weighted by Crippen LogP contribution is 2.27. The summed E-state index contributed by atoms with van der Waals surface area (Å²) in [4.78, 5) is 25.3. The van der Waals surface area contributed by atoms with E-state index in [1.54, 1.807) is 0 Å². The summed E-state index contributed by atoms with van der Waals surface area (Å²) >= 11 is 0. The SMILES string of the molecule is CN(C)CCN(C)C(=O)c1cc(F)cc([N+](=O)[O-])c1N. The van der Waals surface area contributed by atoms with Crippen LogP contribution >= 0.6 is 0 Å². The van der Waals surface area contributed by atoms with Gasteiger partial charge in [-0.3, -0.25) is 14.9 Å². The number of benzene rings is 1. The van der Waals surface area contributed by atoms with E-state index in [1.807, 2.05) is 19.0 Å². The molecule has 0 radical (unpaired) electrons. The third-order valence-electron chi connectivity index (χ3n) is 2.78. The number of nitrogens with two attached hydrogens (primary N) is 1. The summed E-state index contributed by atoms with van der Waals surface area (Å²) in [7, 11) is 5.22. The molecule has 1 aromatic carbocycles. The zero-order chi connectivity index (χ0) is 15.4. The Bertz CT molecular complexity index is 534. The van der Waals surface area contributed by atoms with Crippen molar-refractivity contribution >= 4 is 17.3 Å². The number of nitro benzene ring substituents is 1. The molecular weight excluding hydrogens is 267 g/mol. The first-order valence-electron chi connectivity index (χ1n) is 5.87. The molecule has 0 saturated carbocycles. The normalized spacial score (nSPS) is 10.7. The topological polar surface area (TPSA) is 92.7 Å². The lowest BCUT2D eigenvalue weighted by atomic mass is 10.1. The highest BCUT2D eigenvalue weighted by molar-refractivity contribution is 6.00. The van der Waals surface area contributed by atoms with Gasteiger partial charge in [-0.2, -0.15) is 0 Å². The zero-order valence-electron chi connectivity index (χ0n) is 11.6. The molecule has 0 bridgehead atoms. The van der Waals surface area contributed by atoms with Gasteiger partial charge in [0.25, 0.3) is 11.6 Å². The second kappa shape index (κ2) is 6.29. The zero-order valence-corrected chi connectivity index (χ0v) is 11.6. The van der Waals surface area contributed by atoms with Gasteiger partial charge in [0, 0.05) is 20.1 Å². The summed E-state index contributed by atoms with van der Waals surface area (Å²) in [6.07, 6.45) is 0. The molecule has 20 heavy (non-hydrogen) atoms. The van der Waals surface area contributed by atoms with E-state index < -0.39 is 22.3 Å². The molecule has 1 amide bonds. The molecule has 1 rings (SSSR count). The predicted octanol–water partition coefficient (Wildman–Crippen LogP) is 0.950. The first-order valence-corrected chi connectivity index (χ1v) is 5.87. The fraction of sp³-hybridized carbons (Fsp3) is 0.417. The average molecular weight is 284 g/mol. The van der Waals surface area contributed by atoms with E-state index in [1.165, 1.54) is 11.9 Å². The first kappa shape index (κ1) is 15.8. The number of nitrogen functional groups attached to an aromatic ring is 1. The van der Waals surface area contributed by atoms with Gasteiger partial charge in [-0.25, -0.2) is 4.39 Å². The summed E-state index contributed by atoms with van der Waals surface area (Å²) in [5.41, 5.74) is 4.46. The molecule has 0 aliphatic heterocycles. The first-order chi connectivity index (χ1) is 9.23. The van der Waals surface area contributed by atoms with Crippen LogP contribution in [0.15, 0.2) is 12.1 Å². The second-order valence-electron chi connectivity index (χ2n) is 4.67. The Morgan fingerprint density at radius 3 is 2.45 bits per heavy atom. The van der Waals surface area contributed by atoms with Crippen LogP contribution in [-0.2, 0) is 0 Å². The van der Waals surface area contributed by atoms with Crippen molar-refractivity contribution in [2.75, 3.05) is 40.0 Å². The smallest absolute Gasteiger partial charge is 0.295 e. The van der Waals surface area contributed by atoms with Gasteiger partial charge in [0.15, 0.2) is 0 Å². The van der Waals surface area contributed by atoms with Crippen molar-refractivity contribution < 1.29 is 14.1 Å². The molecular formula is C12H17FN4O3. The number of nitro groups is 1. The summed E-state index contributed by atoms with van der Waals surface area (Å²) in [6, 6.07) is 1.61. The van der Waals surface area contributed by atoms with Gasteiger partial charge < -0.3 is 15.5 Å². The van der Waals surface area contributed by atoms with Crippen molar-refractivity contribution in [3.8, 4) is 0 Å². The molecule has 0 atom stereocenters. The molecule has 0 aliphatic carbocycles. The number of hydrogen-bond donors (Lipinski definition) is 1. The maximum atomic E-state index is 13.4. The van der Waals surface area contributed by atoms with Crippen molar-refractivity contribution in [2.45, 2.75) is 0 Å². The largest absolute Gasteiger partial charge is 0.393 e. The highest BCUT2D eigenvalue weighted by atomic mass is 19.1. The van der Waals surface area contributed by atoms with Crippen LogP contribution in [0.4, 0.5) is 15.8 Å². The van der Waals surface area contributed by atoms with Crippen LogP contribution in [0.5, 0.6) is 0 Å². The second-order valence-corrected chi connectivity index (χ2v) is 4.67. The van der Waals surface area contributed by atoms with Crippen LogP contribution in [0.1, 0.15) is 10.4 Å². The standard InChI is InChI=1S/C12H17FN4O3/c1-15(2)4-5-16(3)12(18)9-6-8(13)7-10(11(9)14)17(19)20/h6-7H,4-5,14H2,1-3H3. The summed E-state index contributed by atoms with van der Waals surface area (Å²) in [5.74, 6) is -1.41. The van der Waals surface area contributed by atoms with Crippen LogP contribution < -0.4 is 5.73 Å². The summed E-state index contributed by atoms with van der Waals surface area (Å²) in [6.45, 7) is 1.01. The van der Waals surface area contributed by atoms with Crippen LogP contribution in [0.3, 0.4) is 0 Å². The molecule has 0 fully saturated rings. The van der Waals surface area contributed by atoms with E-state index >= 15 is 0 Å². The highest BCUT2D eigenvalue weighted by Gasteiger charge is 2.23. The Balaban J connectivity index is 3.07. The minimum Gasteiger partial charge on any atom is -0.393 e. The molecule has 2 N–H and O–H groups in total. The number of carbonyl (C=O) groups excluding carboxylic acids is 1. The lowest BCUT2D eigenvalue weighted by Gasteiger charge is -2.20. The van der Waals surface area contributed by atoms with Gasteiger partial charge in [-0.1, -0.05) is 0 Å². The molecule has 0 saturated heterocycles. The van der Waals surface area contributed by atoms with Crippen LogP contribution in [0.2, 0.25) is 0 Å². The van der Waals surface area contributed by atoms with Gasteiger partial charge in [-0.15, -0.1) is 0 Å². The van der Waals surface area contributed by atoms with Gasteiger partial charge >= 0.3 is 0 Å². The average Bonchev–Trinajstić information content (AvgIpc) is 2.36. The van der Waals surface area contributed by atoms with Crippen molar-refractivity contribution in [2.24, 2.45) is 0 Å². The third kappa shape index (κ3) is 3.64. The van der Waals surface area contributed by atoms with Crippen LogP contribution in [-0.4, -0.2) is 54.9 Å². The molecule has 7 nitrogen and oxygen atoms in total. The van der Waals surface area contributed by atoms with E-state index in [0.717, 1.165) is 6.07 Å². The minimum atomic E-state index is -0.866. The van der Waals surface area contributed by atoms with Crippen LogP contribution in [0.25, 0.3) is 0 Å². The Morgan fingerprint density at radius 2 is 1.95 bits per heavy atom. The number of carbonyl (C=O) groups is 1.